The van der Waals surface area contributed by atoms with Crippen LogP contribution in [0.5, 0.6) is 0 Å². The van der Waals surface area contributed by atoms with Crippen LogP contribution in [0.25, 0.3) is 0 Å². The Kier molecular flexibility index (Phi) is 4.80. The minimum atomic E-state index is -1.00. The summed E-state index contributed by atoms with van der Waals surface area (Å²) in [6.45, 7) is 2.07. The lowest BCUT2D eigenvalue weighted by Gasteiger charge is -2.12. The normalized spacial score (nSPS) is 14.2. The van der Waals surface area contributed by atoms with Crippen molar-refractivity contribution in [1.82, 2.24) is 4.98 Å². The SMILES string of the molecule is CNc1nc(NCC(C)S(C)=O)c(F)cc1F. The lowest BCUT2D eigenvalue weighted by atomic mass is 10.4. The molecule has 1 aromatic heterocycles. The Morgan fingerprint density at radius 2 is 2.00 bits per heavy atom. The van der Waals surface area contributed by atoms with Gasteiger partial charge in [-0.2, -0.15) is 0 Å². The molecule has 1 rings (SSSR count). The van der Waals surface area contributed by atoms with Gasteiger partial charge in [-0.25, -0.2) is 13.8 Å². The standard InChI is InChI=1S/C10H15F2N3OS/c1-6(17(3)16)5-14-10-8(12)4-7(11)9(13-2)15-10/h4,6H,5H2,1-3H3,(H2,13,14,15). The molecule has 96 valence electrons. The number of nitrogens with zero attached hydrogens (tertiary/aromatic N) is 1. The van der Waals surface area contributed by atoms with E-state index in [0.717, 1.165) is 6.07 Å². The fourth-order valence-electron chi connectivity index (χ4n) is 1.12. The minimum Gasteiger partial charge on any atom is -0.371 e. The van der Waals surface area contributed by atoms with Crippen molar-refractivity contribution in [3.8, 4) is 0 Å². The maximum Gasteiger partial charge on any atom is 0.168 e. The van der Waals surface area contributed by atoms with E-state index in [0.29, 0.717) is 6.54 Å². The molecule has 7 heteroatoms. The van der Waals surface area contributed by atoms with Gasteiger partial charge in [-0.05, 0) is 6.92 Å². The van der Waals surface area contributed by atoms with Crippen LogP contribution in [-0.4, -0.2) is 34.3 Å². The van der Waals surface area contributed by atoms with Gasteiger partial charge in [0.15, 0.2) is 23.3 Å². The molecule has 0 spiro atoms. The summed E-state index contributed by atoms with van der Waals surface area (Å²) in [6.07, 6.45) is 1.57. The van der Waals surface area contributed by atoms with Crippen LogP contribution in [0.4, 0.5) is 20.4 Å². The van der Waals surface area contributed by atoms with Crippen molar-refractivity contribution in [1.29, 1.82) is 0 Å². The maximum absolute atomic E-state index is 13.3. The van der Waals surface area contributed by atoms with E-state index in [2.05, 4.69) is 15.6 Å². The van der Waals surface area contributed by atoms with Crippen molar-refractivity contribution in [3.63, 3.8) is 0 Å². The van der Waals surface area contributed by atoms with Gasteiger partial charge >= 0.3 is 0 Å². The maximum atomic E-state index is 13.3. The molecule has 2 atom stereocenters. The summed E-state index contributed by atoms with van der Waals surface area (Å²) in [7, 11) is 0.492. The van der Waals surface area contributed by atoms with Crippen molar-refractivity contribution in [3.05, 3.63) is 17.7 Å². The fraction of sp³-hybridized carbons (Fsp3) is 0.500. The molecule has 0 amide bonds. The Morgan fingerprint density at radius 1 is 1.41 bits per heavy atom. The summed E-state index contributed by atoms with van der Waals surface area (Å²) in [5.41, 5.74) is 0. The van der Waals surface area contributed by atoms with E-state index >= 15 is 0 Å². The molecule has 0 saturated heterocycles. The Labute approximate surface area is 101 Å². The third kappa shape index (κ3) is 3.62. The summed E-state index contributed by atoms with van der Waals surface area (Å²) < 4.78 is 37.6. The highest BCUT2D eigenvalue weighted by atomic mass is 32.2. The summed E-state index contributed by atoms with van der Waals surface area (Å²) in [5, 5.41) is 5.09. The van der Waals surface area contributed by atoms with Gasteiger partial charge in [0.05, 0.1) is 0 Å². The van der Waals surface area contributed by atoms with Gasteiger partial charge in [0, 0.05) is 42.0 Å². The van der Waals surface area contributed by atoms with E-state index in [1.165, 1.54) is 7.05 Å². The predicted octanol–water partition coefficient (Wildman–Crippen LogP) is 1.58. The molecule has 0 bridgehead atoms. The zero-order valence-electron chi connectivity index (χ0n) is 9.88. The number of pyridine rings is 1. The van der Waals surface area contributed by atoms with Gasteiger partial charge in [0.2, 0.25) is 0 Å². The molecule has 2 unspecified atom stereocenters. The molecule has 0 saturated carbocycles. The van der Waals surface area contributed by atoms with Crippen molar-refractivity contribution < 1.29 is 13.0 Å². The molecule has 0 aromatic carbocycles. The van der Waals surface area contributed by atoms with Crippen LogP contribution in [0.1, 0.15) is 6.92 Å². The number of halogens is 2. The first-order valence-electron chi connectivity index (χ1n) is 5.05. The van der Waals surface area contributed by atoms with E-state index in [4.69, 9.17) is 0 Å². The molecule has 0 radical (unpaired) electrons. The molecule has 0 aliphatic rings. The van der Waals surface area contributed by atoms with Crippen molar-refractivity contribution in [2.24, 2.45) is 0 Å². The van der Waals surface area contributed by atoms with E-state index in [1.807, 2.05) is 0 Å². The lowest BCUT2D eigenvalue weighted by Crippen LogP contribution is -2.22. The smallest absolute Gasteiger partial charge is 0.168 e. The molecule has 0 fully saturated rings. The van der Waals surface area contributed by atoms with Gasteiger partial charge in [-0.1, -0.05) is 0 Å². The van der Waals surface area contributed by atoms with Crippen LogP contribution >= 0.6 is 0 Å². The highest BCUT2D eigenvalue weighted by molar-refractivity contribution is 7.84. The van der Waals surface area contributed by atoms with Crippen LogP contribution in [0, 0.1) is 11.6 Å². The first-order valence-corrected chi connectivity index (χ1v) is 6.67. The van der Waals surface area contributed by atoms with Gasteiger partial charge in [-0.3, -0.25) is 4.21 Å². The van der Waals surface area contributed by atoms with Crippen LogP contribution in [0.15, 0.2) is 6.07 Å². The third-order valence-electron chi connectivity index (χ3n) is 2.29. The van der Waals surface area contributed by atoms with Gasteiger partial charge in [0.25, 0.3) is 0 Å². The van der Waals surface area contributed by atoms with Crippen LogP contribution in [0.3, 0.4) is 0 Å². The van der Waals surface area contributed by atoms with E-state index in [-0.39, 0.29) is 16.9 Å². The zero-order chi connectivity index (χ0) is 13.0. The second-order valence-corrected chi connectivity index (χ2v) is 5.39. The first-order chi connectivity index (χ1) is 7.95. The molecule has 2 N–H and O–H groups in total. The Morgan fingerprint density at radius 3 is 2.53 bits per heavy atom. The quantitative estimate of drug-likeness (QED) is 0.847. The molecule has 0 aliphatic heterocycles. The Hall–Kier alpha value is -1.24. The molecule has 4 nitrogen and oxygen atoms in total. The summed E-state index contributed by atoms with van der Waals surface area (Å²) in [5.74, 6) is -1.59. The highest BCUT2D eigenvalue weighted by Crippen LogP contribution is 2.18. The first kappa shape index (κ1) is 13.8. The van der Waals surface area contributed by atoms with Crippen LogP contribution < -0.4 is 10.6 Å². The summed E-state index contributed by atoms with van der Waals surface area (Å²) in [6, 6.07) is 0.759. The van der Waals surface area contributed by atoms with Crippen molar-refractivity contribution >= 4 is 22.4 Å². The van der Waals surface area contributed by atoms with Gasteiger partial charge in [0.1, 0.15) is 0 Å². The largest absolute Gasteiger partial charge is 0.371 e. The van der Waals surface area contributed by atoms with Crippen LogP contribution in [-0.2, 0) is 10.8 Å². The second-order valence-electron chi connectivity index (χ2n) is 3.59. The average Bonchev–Trinajstić information content (AvgIpc) is 2.27. The number of rotatable bonds is 5. The lowest BCUT2D eigenvalue weighted by molar-refractivity contribution is 0.578. The minimum absolute atomic E-state index is 0.0285. The Bertz CT molecular complexity index is 428. The van der Waals surface area contributed by atoms with E-state index in [1.54, 1.807) is 13.2 Å². The molecular formula is C10H15F2N3OS. The molecule has 17 heavy (non-hydrogen) atoms. The van der Waals surface area contributed by atoms with Gasteiger partial charge in [-0.15, -0.1) is 0 Å². The Balaban J connectivity index is 2.80. The van der Waals surface area contributed by atoms with E-state index in [9.17, 15) is 13.0 Å². The second kappa shape index (κ2) is 5.90. The zero-order valence-corrected chi connectivity index (χ0v) is 10.7. The highest BCUT2D eigenvalue weighted by Gasteiger charge is 2.12. The topological polar surface area (TPSA) is 54.0 Å². The molecule has 1 aromatic rings. The molecule has 1 heterocycles. The predicted molar refractivity (Wildman–Crippen MR) is 65.7 cm³/mol. The van der Waals surface area contributed by atoms with Gasteiger partial charge < -0.3 is 10.6 Å². The third-order valence-corrected chi connectivity index (χ3v) is 3.59. The van der Waals surface area contributed by atoms with Crippen LogP contribution in [0.2, 0.25) is 0 Å². The number of hydrogen-bond donors (Lipinski definition) is 2. The molecular weight excluding hydrogens is 248 g/mol. The number of anilines is 2. The fourth-order valence-corrected chi connectivity index (χ4v) is 1.44. The number of aromatic nitrogens is 1. The van der Waals surface area contributed by atoms with E-state index < -0.39 is 22.4 Å². The molecule has 0 aliphatic carbocycles. The average molecular weight is 263 g/mol. The summed E-state index contributed by atoms with van der Waals surface area (Å²) in [4.78, 5) is 3.75. The van der Waals surface area contributed by atoms with Crippen molar-refractivity contribution in [2.45, 2.75) is 12.2 Å². The number of nitrogens with one attached hydrogen (secondary N) is 2. The summed E-state index contributed by atoms with van der Waals surface area (Å²) >= 11 is 0. The monoisotopic (exact) mass is 263 g/mol. The number of hydrogen-bond acceptors (Lipinski definition) is 4. The van der Waals surface area contributed by atoms with Crippen molar-refractivity contribution in [2.75, 3.05) is 30.5 Å².